The van der Waals surface area contributed by atoms with Gasteiger partial charge in [-0.2, -0.15) is 0 Å². The minimum Gasteiger partial charge on any atom is -0.331 e. The lowest BCUT2D eigenvalue weighted by atomic mass is 9.79. The van der Waals surface area contributed by atoms with Gasteiger partial charge in [-0.1, -0.05) is 32.3 Å². The third kappa shape index (κ3) is 5.91. The second kappa shape index (κ2) is 10.5. The van der Waals surface area contributed by atoms with E-state index in [1.165, 1.54) is 32.1 Å². The van der Waals surface area contributed by atoms with Crippen molar-refractivity contribution in [2.24, 2.45) is 11.8 Å². The number of hydrogen-bond donors (Lipinski definition) is 2. The molecule has 162 valence electrons. The second-order valence-electron chi connectivity index (χ2n) is 8.33. The van der Waals surface area contributed by atoms with Gasteiger partial charge in [0.15, 0.2) is 5.13 Å². The Hall–Kier alpha value is -2.73. The van der Waals surface area contributed by atoms with E-state index in [0.29, 0.717) is 0 Å². The van der Waals surface area contributed by atoms with Crippen LogP contribution in [0.15, 0.2) is 54.2 Å². The van der Waals surface area contributed by atoms with Crippen molar-refractivity contribution in [2.45, 2.75) is 51.9 Å². The van der Waals surface area contributed by atoms with E-state index in [0.717, 1.165) is 46.5 Å². The maximum Gasteiger partial charge on any atom is 0.227 e. The van der Waals surface area contributed by atoms with Crippen LogP contribution in [0.4, 0.5) is 16.5 Å². The Labute approximate surface area is 188 Å². The maximum absolute atomic E-state index is 12.8. The first-order valence-electron chi connectivity index (χ1n) is 11.2. The van der Waals surface area contributed by atoms with Gasteiger partial charge < -0.3 is 10.6 Å². The van der Waals surface area contributed by atoms with Gasteiger partial charge in [0.25, 0.3) is 0 Å². The number of pyridine rings is 1. The lowest BCUT2D eigenvalue weighted by molar-refractivity contribution is -0.121. The molecular weight excluding hydrogens is 404 g/mol. The van der Waals surface area contributed by atoms with Crippen molar-refractivity contribution in [2.75, 3.05) is 10.6 Å². The van der Waals surface area contributed by atoms with Gasteiger partial charge in [0.05, 0.1) is 5.69 Å². The van der Waals surface area contributed by atoms with Gasteiger partial charge in [0.2, 0.25) is 5.91 Å². The van der Waals surface area contributed by atoms with Crippen LogP contribution in [0, 0.1) is 11.8 Å². The number of hydrogen-bond acceptors (Lipinski definition) is 5. The van der Waals surface area contributed by atoms with Gasteiger partial charge in [-0.15, -0.1) is 11.3 Å². The molecule has 2 N–H and O–H groups in total. The molecule has 1 amide bonds. The molecule has 0 radical (unpaired) electrons. The molecule has 3 aromatic rings. The van der Waals surface area contributed by atoms with Crippen LogP contribution in [0.1, 0.15) is 51.9 Å². The van der Waals surface area contributed by atoms with Gasteiger partial charge >= 0.3 is 0 Å². The zero-order chi connectivity index (χ0) is 21.5. The highest BCUT2D eigenvalue weighted by molar-refractivity contribution is 7.14. The maximum atomic E-state index is 12.8. The molecule has 2 heterocycles. The molecule has 31 heavy (non-hydrogen) atoms. The number of carbonyl (C=O) groups is 1. The molecule has 1 aliphatic carbocycles. The molecule has 4 rings (SSSR count). The Balaban J connectivity index is 1.33. The van der Waals surface area contributed by atoms with Gasteiger partial charge in [-0.3, -0.25) is 9.78 Å². The van der Waals surface area contributed by atoms with Gasteiger partial charge in [-0.05, 0) is 61.9 Å². The van der Waals surface area contributed by atoms with Crippen LogP contribution in [0.25, 0.3) is 11.3 Å². The zero-order valence-electron chi connectivity index (χ0n) is 18.0. The van der Waals surface area contributed by atoms with Crippen LogP contribution >= 0.6 is 11.3 Å². The van der Waals surface area contributed by atoms with Crippen molar-refractivity contribution in [3.8, 4) is 11.3 Å². The molecule has 1 fully saturated rings. The summed E-state index contributed by atoms with van der Waals surface area (Å²) < 4.78 is 0. The highest BCUT2D eigenvalue weighted by Gasteiger charge is 2.26. The molecule has 1 aliphatic rings. The molecule has 0 saturated heterocycles. The highest BCUT2D eigenvalue weighted by Crippen LogP contribution is 2.33. The van der Waals surface area contributed by atoms with Crippen molar-refractivity contribution in [3.05, 3.63) is 54.2 Å². The van der Waals surface area contributed by atoms with Crippen molar-refractivity contribution >= 4 is 33.8 Å². The van der Waals surface area contributed by atoms with Crippen LogP contribution in [0.3, 0.4) is 0 Å². The standard InChI is InChI=1S/C25H30N4OS/c1-2-3-5-18-8-10-20(11-9-18)24(30)27-21-6-4-7-22(16-21)28-25-29-23(17-31-25)19-12-14-26-15-13-19/h4,6-7,12-18,20H,2-3,5,8-11H2,1H3,(H,27,30)(H,28,29). The molecule has 0 atom stereocenters. The number of aromatic nitrogens is 2. The number of nitrogens with one attached hydrogen (secondary N) is 2. The Bertz CT molecular complexity index is 980. The highest BCUT2D eigenvalue weighted by atomic mass is 32.1. The van der Waals surface area contributed by atoms with Crippen LogP contribution < -0.4 is 10.6 Å². The monoisotopic (exact) mass is 434 g/mol. The molecule has 0 unspecified atom stereocenters. The average molecular weight is 435 g/mol. The van der Waals surface area contributed by atoms with Gasteiger partial charge in [-0.25, -0.2) is 4.98 Å². The van der Waals surface area contributed by atoms with Crippen LogP contribution in [0.5, 0.6) is 0 Å². The van der Waals surface area contributed by atoms with E-state index in [-0.39, 0.29) is 11.8 Å². The fourth-order valence-corrected chi connectivity index (χ4v) is 4.97. The predicted molar refractivity (Wildman–Crippen MR) is 129 cm³/mol. The molecule has 6 heteroatoms. The summed E-state index contributed by atoms with van der Waals surface area (Å²) in [5, 5.41) is 9.33. The zero-order valence-corrected chi connectivity index (χ0v) is 18.8. The quantitative estimate of drug-likeness (QED) is 0.405. The molecule has 0 bridgehead atoms. The predicted octanol–water partition coefficient (Wildman–Crippen LogP) is 6.88. The molecule has 1 aromatic carbocycles. The Morgan fingerprint density at radius 3 is 2.65 bits per heavy atom. The first kappa shape index (κ1) is 21.5. The number of nitrogens with zero attached hydrogens (tertiary/aromatic N) is 2. The summed E-state index contributed by atoms with van der Waals surface area (Å²) in [6, 6.07) is 11.8. The van der Waals surface area contributed by atoms with Crippen molar-refractivity contribution < 1.29 is 4.79 Å². The fraction of sp³-hybridized carbons (Fsp3) is 0.400. The van der Waals surface area contributed by atoms with Crippen LogP contribution in [-0.2, 0) is 4.79 Å². The minimum absolute atomic E-state index is 0.136. The van der Waals surface area contributed by atoms with E-state index in [1.807, 2.05) is 41.8 Å². The average Bonchev–Trinajstić information content (AvgIpc) is 3.27. The van der Waals surface area contributed by atoms with E-state index in [9.17, 15) is 4.79 Å². The Kier molecular flexibility index (Phi) is 7.30. The van der Waals surface area contributed by atoms with Crippen molar-refractivity contribution in [1.82, 2.24) is 9.97 Å². The molecule has 0 spiro atoms. The van der Waals surface area contributed by atoms with Gasteiger partial charge in [0.1, 0.15) is 0 Å². The summed E-state index contributed by atoms with van der Waals surface area (Å²) in [7, 11) is 0. The van der Waals surface area contributed by atoms with E-state index in [1.54, 1.807) is 23.7 Å². The number of carbonyl (C=O) groups excluding carboxylic acids is 1. The van der Waals surface area contributed by atoms with Gasteiger partial charge in [0, 0.05) is 40.6 Å². The van der Waals surface area contributed by atoms with Crippen molar-refractivity contribution in [1.29, 1.82) is 0 Å². The molecular formula is C25H30N4OS. The number of amides is 1. The number of rotatable bonds is 8. The first-order chi connectivity index (χ1) is 15.2. The summed E-state index contributed by atoms with van der Waals surface area (Å²) in [6.07, 6.45) is 11.8. The van der Waals surface area contributed by atoms with Crippen LogP contribution in [0.2, 0.25) is 0 Å². The third-order valence-electron chi connectivity index (χ3n) is 6.05. The van der Waals surface area contributed by atoms with E-state index < -0.39 is 0 Å². The summed E-state index contributed by atoms with van der Waals surface area (Å²) in [6.45, 7) is 2.25. The topological polar surface area (TPSA) is 66.9 Å². The van der Waals surface area contributed by atoms with Crippen molar-refractivity contribution in [3.63, 3.8) is 0 Å². The number of unbranched alkanes of at least 4 members (excludes halogenated alkanes) is 1. The number of thiazole rings is 1. The van der Waals surface area contributed by atoms with Crippen LogP contribution in [-0.4, -0.2) is 15.9 Å². The third-order valence-corrected chi connectivity index (χ3v) is 6.80. The second-order valence-corrected chi connectivity index (χ2v) is 9.19. The molecule has 2 aromatic heterocycles. The summed E-state index contributed by atoms with van der Waals surface area (Å²) >= 11 is 1.56. The number of anilines is 3. The summed E-state index contributed by atoms with van der Waals surface area (Å²) in [4.78, 5) is 21.5. The molecule has 0 aliphatic heterocycles. The smallest absolute Gasteiger partial charge is 0.227 e. The van der Waals surface area contributed by atoms with E-state index in [2.05, 4.69) is 27.5 Å². The number of benzene rings is 1. The molecule has 1 saturated carbocycles. The fourth-order valence-electron chi connectivity index (χ4n) is 4.24. The Morgan fingerprint density at radius 2 is 1.87 bits per heavy atom. The minimum atomic E-state index is 0.136. The SMILES string of the molecule is CCCCC1CCC(C(=O)Nc2cccc(Nc3nc(-c4ccncc4)cs3)c2)CC1. The lowest BCUT2D eigenvalue weighted by Crippen LogP contribution is -2.27. The normalized spacial score (nSPS) is 18.5. The largest absolute Gasteiger partial charge is 0.331 e. The molecule has 5 nitrogen and oxygen atoms in total. The lowest BCUT2D eigenvalue weighted by Gasteiger charge is -2.27. The Morgan fingerprint density at radius 1 is 1.10 bits per heavy atom. The summed E-state index contributed by atoms with van der Waals surface area (Å²) in [5.74, 6) is 1.10. The summed E-state index contributed by atoms with van der Waals surface area (Å²) in [5.41, 5.74) is 3.71. The van der Waals surface area contributed by atoms with E-state index in [4.69, 9.17) is 0 Å². The first-order valence-corrected chi connectivity index (χ1v) is 12.1. The van der Waals surface area contributed by atoms with E-state index >= 15 is 0 Å².